The number of non-ortho nitro benzene ring substituents is 1. The van der Waals surface area contributed by atoms with E-state index in [1.54, 1.807) is 25.3 Å². The normalized spacial score (nSPS) is 18.5. The summed E-state index contributed by atoms with van der Waals surface area (Å²) in [5.74, 6) is 0.402. The number of hydrogen-bond donors (Lipinski definition) is 0. The Labute approximate surface area is 205 Å². The van der Waals surface area contributed by atoms with E-state index in [2.05, 4.69) is 4.99 Å². The summed E-state index contributed by atoms with van der Waals surface area (Å²) in [4.78, 5) is 27.9. The zero-order chi connectivity index (χ0) is 24.4. The van der Waals surface area contributed by atoms with Gasteiger partial charge in [0.05, 0.1) is 28.7 Å². The standard InChI is InChI=1S/C26H20N4O4S/c1-34-21-13-9-19(10-14-21)23-16-22(18-5-3-2-4-6-18)28-29(23)26-27-25(31)24(35-26)15-17-7-11-20(12-8-17)30(32)33/h2-15,23H,16H2,1H3/b24-15-/t23-/m1/s1. The van der Waals surface area contributed by atoms with Gasteiger partial charge >= 0.3 is 0 Å². The van der Waals surface area contributed by atoms with E-state index in [1.807, 2.05) is 59.6 Å². The number of ether oxygens (including phenoxy) is 1. The lowest BCUT2D eigenvalue weighted by Gasteiger charge is -2.22. The second kappa shape index (κ2) is 9.55. The number of nitro benzene ring substituents is 1. The summed E-state index contributed by atoms with van der Waals surface area (Å²) in [6.45, 7) is 0. The number of hydrazone groups is 1. The molecule has 2 aliphatic heterocycles. The highest BCUT2D eigenvalue weighted by Crippen LogP contribution is 2.40. The van der Waals surface area contributed by atoms with E-state index < -0.39 is 4.92 Å². The Morgan fingerprint density at radius 3 is 2.43 bits per heavy atom. The van der Waals surface area contributed by atoms with Gasteiger partial charge in [0.15, 0.2) is 5.17 Å². The van der Waals surface area contributed by atoms with Crippen LogP contribution in [-0.2, 0) is 4.79 Å². The molecule has 0 saturated carbocycles. The van der Waals surface area contributed by atoms with E-state index in [0.29, 0.717) is 22.1 Å². The molecule has 3 aromatic carbocycles. The zero-order valence-corrected chi connectivity index (χ0v) is 19.5. The van der Waals surface area contributed by atoms with Crippen LogP contribution < -0.4 is 4.74 Å². The first kappa shape index (κ1) is 22.5. The molecule has 0 aromatic heterocycles. The number of nitro groups is 1. The van der Waals surface area contributed by atoms with Crippen LogP contribution in [0.2, 0.25) is 0 Å². The Morgan fingerprint density at radius 2 is 1.77 bits per heavy atom. The number of thioether (sulfide) groups is 1. The van der Waals surface area contributed by atoms with Crippen molar-refractivity contribution in [2.45, 2.75) is 12.5 Å². The van der Waals surface area contributed by atoms with Crippen LogP contribution in [0.3, 0.4) is 0 Å². The van der Waals surface area contributed by atoms with Gasteiger partial charge < -0.3 is 4.74 Å². The minimum Gasteiger partial charge on any atom is -0.497 e. The third-order valence-corrected chi connectivity index (χ3v) is 6.70. The first-order valence-electron chi connectivity index (χ1n) is 10.8. The number of carbonyl (C=O) groups excluding carboxylic acids is 1. The van der Waals surface area contributed by atoms with Gasteiger partial charge in [-0.05, 0) is 58.8 Å². The van der Waals surface area contributed by atoms with Crippen molar-refractivity contribution in [3.8, 4) is 5.75 Å². The molecular formula is C26H20N4O4S. The lowest BCUT2D eigenvalue weighted by atomic mass is 9.98. The van der Waals surface area contributed by atoms with Crippen LogP contribution in [0.25, 0.3) is 6.08 Å². The maximum atomic E-state index is 12.7. The van der Waals surface area contributed by atoms with Crippen LogP contribution in [0.1, 0.15) is 29.2 Å². The summed E-state index contributed by atoms with van der Waals surface area (Å²) < 4.78 is 5.29. The average Bonchev–Trinajstić information content (AvgIpc) is 3.49. The van der Waals surface area contributed by atoms with Crippen molar-refractivity contribution in [2.75, 3.05) is 7.11 Å². The molecule has 2 aliphatic rings. The molecule has 35 heavy (non-hydrogen) atoms. The Bertz CT molecular complexity index is 1370. The fourth-order valence-corrected chi connectivity index (χ4v) is 4.83. The molecule has 0 spiro atoms. The zero-order valence-electron chi connectivity index (χ0n) is 18.7. The number of benzene rings is 3. The van der Waals surface area contributed by atoms with Crippen molar-refractivity contribution in [1.82, 2.24) is 5.01 Å². The van der Waals surface area contributed by atoms with Crippen molar-refractivity contribution in [2.24, 2.45) is 10.1 Å². The number of carbonyl (C=O) groups is 1. The van der Waals surface area contributed by atoms with Gasteiger partial charge in [0.2, 0.25) is 0 Å². The maximum absolute atomic E-state index is 12.7. The fraction of sp³-hybridized carbons (Fsp3) is 0.115. The third-order valence-electron chi connectivity index (χ3n) is 5.72. The number of methoxy groups -OCH3 is 1. The predicted molar refractivity (Wildman–Crippen MR) is 136 cm³/mol. The van der Waals surface area contributed by atoms with E-state index in [9.17, 15) is 14.9 Å². The lowest BCUT2D eigenvalue weighted by molar-refractivity contribution is -0.384. The Balaban J connectivity index is 1.44. The van der Waals surface area contributed by atoms with Gasteiger partial charge in [-0.2, -0.15) is 10.1 Å². The second-order valence-electron chi connectivity index (χ2n) is 7.91. The summed E-state index contributed by atoms with van der Waals surface area (Å²) in [5.41, 5.74) is 3.64. The number of hydrogen-bond acceptors (Lipinski definition) is 7. The summed E-state index contributed by atoms with van der Waals surface area (Å²) in [7, 11) is 1.63. The average molecular weight is 485 g/mol. The van der Waals surface area contributed by atoms with E-state index in [0.717, 1.165) is 22.6 Å². The number of nitrogens with zero attached hydrogens (tertiary/aromatic N) is 4. The summed E-state index contributed by atoms with van der Waals surface area (Å²) in [6, 6.07) is 23.7. The van der Waals surface area contributed by atoms with E-state index in [4.69, 9.17) is 9.84 Å². The van der Waals surface area contributed by atoms with Crippen molar-refractivity contribution < 1.29 is 14.5 Å². The van der Waals surface area contributed by atoms with Crippen molar-refractivity contribution in [1.29, 1.82) is 0 Å². The van der Waals surface area contributed by atoms with Crippen LogP contribution in [0.4, 0.5) is 5.69 Å². The molecule has 9 heteroatoms. The molecule has 0 aliphatic carbocycles. The number of rotatable bonds is 5. The molecule has 0 saturated heterocycles. The smallest absolute Gasteiger partial charge is 0.286 e. The molecule has 0 bridgehead atoms. The fourth-order valence-electron chi connectivity index (χ4n) is 3.92. The van der Waals surface area contributed by atoms with Crippen LogP contribution in [0.5, 0.6) is 5.75 Å². The van der Waals surface area contributed by atoms with Crippen LogP contribution in [-0.4, -0.2) is 33.8 Å². The molecule has 1 atom stereocenters. The molecular weight excluding hydrogens is 464 g/mol. The van der Waals surface area contributed by atoms with E-state index >= 15 is 0 Å². The summed E-state index contributed by atoms with van der Waals surface area (Å²) in [5, 5.41) is 18.1. The molecule has 0 fully saturated rings. The molecule has 0 unspecified atom stereocenters. The van der Waals surface area contributed by atoms with E-state index in [1.165, 1.54) is 23.9 Å². The third kappa shape index (κ3) is 4.71. The topological polar surface area (TPSA) is 97.4 Å². The molecule has 3 aromatic rings. The van der Waals surface area contributed by atoms with Crippen molar-refractivity contribution in [3.05, 3.63) is 111 Å². The largest absolute Gasteiger partial charge is 0.497 e. The first-order valence-corrected chi connectivity index (χ1v) is 11.7. The lowest BCUT2D eigenvalue weighted by Crippen LogP contribution is -2.23. The Morgan fingerprint density at radius 1 is 1.06 bits per heavy atom. The molecule has 2 heterocycles. The monoisotopic (exact) mass is 484 g/mol. The van der Waals surface area contributed by atoms with Gasteiger partial charge in [-0.3, -0.25) is 14.9 Å². The molecule has 174 valence electrons. The Kier molecular flexibility index (Phi) is 6.15. The quantitative estimate of drug-likeness (QED) is 0.272. The minimum absolute atomic E-state index is 0.00308. The van der Waals surface area contributed by atoms with Gasteiger partial charge in [-0.15, -0.1) is 0 Å². The highest BCUT2D eigenvalue weighted by molar-refractivity contribution is 8.18. The molecule has 1 amide bonds. The molecule has 5 rings (SSSR count). The molecule has 0 radical (unpaired) electrons. The number of aliphatic imine (C=N–C) groups is 1. The first-order chi connectivity index (χ1) is 17.0. The SMILES string of the molecule is COc1ccc([C@H]2CC(c3ccccc3)=NN2C2=NC(=O)/C(=C/c3ccc([N+](=O)[O-])cc3)S2)cc1. The predicted octanol–water partition coefficient (Wildman–Crippen LogP) is 5.43. The van der Waals surface area contributed by atoms with Gasteiger partial charge in [0, 0.05) is 18.6 Å². The minimum atomic E-state index is -0.456. The maximum Gasteiger partial charge on any atom is 0.286 e. The number of amides is 1. The van der Waals surface area contributed by atoms with Crippen LogP contribution >= 0.6 is 11.8 Å². The van der Waals surface area contributed by atoms with Gasteiger partial charge in [-0.1, -0.05) is 42.5 Å². The van der Waals surface area contributed by atoms with Gasteiger partial charge in [-0.25, -0.2) is 5.01 Å². The highest BCUT2D eigenvalue weighted by atomic mass is 32.2. The number of amidine groups is 1. The second-order valence-corrected chi connectivity index (χ2v) is 8.92. The molecule has 8 nitrogen and oxygen atoms in total. The Hall–Kier alpha value is -4.24. The summed E-state index contributed by atoms with van der Waals surface area (Å²) >= 11 is 1.25. The van der Waals surface area contributed by atoms with E-state index in [-0.39, 0.29) is 17.6 Å². The van der Waals surface area contributed by atoms with Gasteiger partial charge in [0.25, 0.3) is 11.6 Å². The van der Waals surface area contributed by atoms with Crippen LogP contribution in [0.15, 0.2) is 93.9 Å². The highest BCUT2D eigenvalue weighted by Gasteiger charge is 2.36. The van der Waals surface area contributed by atoms with Crippen LogP contribution in [0, 0.1) is 10.1 Å². The summed E-state index contributed by atoms with van der Waals surface area (Å²) in [6.07, 6.45) is 2.35. The van der Waals surface area contributed by atoms with Crippen molar-refractivity contribution >= 4 is 40.3 Å². The van der Waals surface area contributed by atoms with Crippen molar-refractivity contribution in [3.63, 3.8) is 0 Å². The van der Waals surface area contributed by atoms with Gasteiger partial charge in [0.1, 0.15) is 5.75 Å². The molecule has 0 N–H and O–H groups in total.